The van der Waals surface area contributed by atoms with E-state index in [0.29, 0.717) is 16.8 Å². The van der Waals surface area contributed by atoms with Crippen molar-refractivity contribution in [2.24, 2.45) is 11.7 Å². The first-order chi connectivity index (χ1) is 8.02. The van der Waals surface area contributed by atoms with E-state index >= 15 is 0 Å². The van der Waals surface area contributed by atoms with Gasteiger partial charge in [0.05, 0.1) is 16.8 Å². The number of fused-ring (bicyclic) bond motifs is 1. The zero-order valence-electron chi connectivity index (χ0n) is 9.81. The molecular formula is C13H14N2O2. The van der Waals surface area contributed by atoms with Crippen molar-refractivity contribution in [1.29, 1.82) is 0 Å². The van der Waals surface area contributed by atoms with Crippen molar-refractivity contribution in [2.75, 3.05) is 0 Å². The van der Waals surface area contributed by atoms with Gasteiger partial charge in [-0.05, 0) is 18.2 Å². The zero-order valence-corrected chi connectivity index (χ0v) is 9.81. The number of ketones is 1. The highest BCUT2D eigenvalue weighted by atomic mass is 16.1. The third-order valence-corrected chi connectivity index (χ3v) is 2.72. The fraction of sp³-hybridized carbons (Fsp3) is 0.231. The van der Waals surface area contributed by atoms with Gasteiger partial charge < -0.3 is 10.1 Å². The number of Topliss-reactive ketones (excluding diaryl/α,β-unsaturated/α-hetero) is 1. The molecule has 0 spiro atoms. The molecule has 0 bridgehead atoms. The van der Waals surface area contributed by atoms with Crippen molar-refractivity contribution in [1.82, 2.24) is 4.40 Å². The Morgan fingerprint density at radius 3 is 2.59 bits per heavy atom. The normalized spacial score (nSPS) is 11.0. The molecule has 1 amide bonds. The fourth-order valence-electron chi connectivity index (χ4n) is 1.84. The van der Waals surface area contributed by atoms with Crippen LogP contribution in [0.1, 0.15) is 34.7 Å². The molecule has 17 heavy (non-hydrogen) atoms. The maximum absolute atomic E-state index is 12.0. The Hall–Kier alpha value is -2.10. The molecule has 0 saturated heterocycles. The van der Waals surface area contributed by atoms with E-state index < -0.39 is 5.91 Å². The predicted octanol–water partition coefficient (Wildman–Crippen LogP) is 1.88. The standard InChI is InChI=1S/C13H14N2O2/c1-8(2)12(16)11-7-9(13(14)17)10-5-3-4-6-15(10)11/h3-8H,1-2H3,(H2,14,17). The molecule has 0 saturated carbocycles. The highest BCUT2D eigenvalue weighted by molar-refractivity contribution is 6.05. The first-order valence-corrected chi connectivity index (χ1v) is 5.46. The van der Waals surface area contributed by atoms with Gasteiger partial charge >= 0.3 is 0 Å². The lowest BCUT2D eigenvalue weighted by atomic mass is 10.1. The summed E-state index contributed by atoms with van der Waals surface area (Å²) in [4.78, 5) is 23.3. The Labute approximate surface area is 99.0 Å². The van der Waals surface area contributed by atoms with Gasteiger partial charge in [-0.3, -0.25) is 9.59 Å². The maximum atomic E-state index is 12.0. The van der Waals surface area contributed by atoms with Crippen LogP contribution >= 0.6 is 0 Å². The molecule has 88 valence electrons. The Morgan fingerprint density at radius 1 is 1.29 bits per heavy atom. The van der Waals surface area contributed by atoms with E-state index in [1.54, 1.807) is 22.7 Å². The van der Waals surface area contributed by atoms with Crippen molar-refractivity contribution >= 4 is 17.2 Å². The first kappa shape index (κ1) is 11.4. The van der Waals surface area contributed by atoms with Gasteiger partial charge in [0, 0.05) is 12.1 Å². The monoisotopic (exact) mass is 230 g/mol. The van der Waals surface area contributed by atoms with Gasteiger partial charge in [0.15, 0.2) is 5.78 Å². The third-order valence-electron chi connectivity index (χ3n) is 2.72. The van der Waals surface area contributed by atoms with Crippen molar-refractivity contribution < 1.29 is 9.59 Å². The first-order valence-electron chi connectivity index (χ1n) is 5.46. The summed E-state index contributed by atoms with van der Waals surface area (Å²) in [5, 5.41) is 0. The molecule has 2 aromatic heterocycles. The van der Waals surface area contributed by atoms with E-state index in [0.717, 1.165) is 0 Å². The van der Waals surface area contributed by atoms with Crippen LogP contribution in [0.25, 0.3) is 5.52 Å². The Morgan fingerprint density at radius 2 is 2.00 bits per heavy atom. The Balaban J connectivity index is 2.73. The summed E-state index contributed by atoms with van der Waals surface area (Å²) in [6, 6.07) is 6.97. The van der Waals surface area contributed by atoms with Crippen LogP contribution in [0.3, 0.4) is 0 Å². The molecule has 4 heteroatoms. The number of nitrogens with zero attached hydrogens (tertiary/aromatic N) is 1. The van der Waals surface area contributed by atoms with Gasteiger partial charge in [-0.1, -0.05) is 19.9 Å². The molecule has 0 aromatic carbocycles. The number of amides is 1. The summed E-state index contributed by atoms with van der Waals surface area (Å²) in [6.07, 6.45) is 1.76. The van der Waals surface area contributed by atoms with Gasteiger partial charge in [-0.2, -0.15) is 0 Å². The SMILES string of the molecule is CC(C)C(=O)c1cc(C(N)=O)c2ccccn12. The number of carbonyl (C=O) groups excluding carboxylic acids is 2. The highest BCUT2D eigenvalue weighted by Gasteiger charge is 2.19. The summed E-state index contributed by atoms with van der Waals surface area (Å²) in [5.74, 6) is -0.635. The predicted molar refractivity (Wildman–Crippen MR) is 65.1 cm³/mol. The van der Waals surface area contributed by atoms with Gasteiger partial charge in [0.1, 0.15) is 0 Å². The van der Waals surface area contributed by atoms with Crippen molar-refractivity contribution in [3.05, 3.63) is 41.7 Å². The fourth-order valence-corrected chi connectivity index (χ4v) is 1.84. The third kappa shape index (κ3) is 1.82. The largest absolute Gasteiger partial charge is 0.366 e. The molecule has 2 rings (SSSR count). The van der Waals surface area contributed by atoms with Crippen LogP contribution in [0.4, 0.5) is 0 Å². The molecule has 2 heterocycles. The van der Waals surface area contributed by atoms with Crippen molar-refractivity contribution in [3.63, 3.8) is 0 Å². The second-order valence-corrected chi connectivity index (χ2v) is 4.28. The van der Waals surface area contributed by atoms with E-state index in [9.17, 15) is 9.59 Å². The average molecular weight is 230 g/mol. The van der Waals surface area contributed by atoms with Crippen LogP contribution in [0.15, 0.2) is 30.5 Å². The number of hydrogen-bond donors (Lipinski definition) is 1. The van der Waals surface area contributed by atoms with Crippen LogP contribution in [0, 0.1) is 5.92 Å². The minimum atomic E-state index is -0.517. The molecule has 0 unspecified atom stereocenters. The van der Waals surface area contributed by atoms with Crippen LogP contribution in [0.5, 0.6) is 0 Å². The number of rotatable bonds is 3. The number of pyridine rings is 1. The van der Waals surface area contributed by atoms with Crippen LogP contribution < -0.4 is 5.73 Å². The second-order valence-electron chi connectivity index (χ2n) is 4.28. The molecule has 0 aliphatic rings. The molecule has 0 aliphatic carbocycles. The molecule has 0 aliphatic heterocycles. The van der Waals surface area contributed by atoms with E-state index in [1.165, 1.54) is 0 Å². The van der Waals surface area contributed by atoms with Crippen LogP contribution in [-0.2, 0) is 0 Å². The average Bonchev–Trinajstić information content (AvgIpc) is 2.67. The minimum absolute atomic E-state index is 0.00120. The maximum Gasteiger partial charge on any atom is 0.250 e. The molecule has 0 atom stereocenters. The van der Waals surface area contributed by atoms with Crippen LogP contribution in [-0.4, -0.2) is 16.1 Å². The zero-order chi connectivity index (χ0) is 12.6. The van der Waals surface area contributed by atoms with Gasteiger partial charge in [0.2, 0.25) is 0 Å². The van der Waals surface area contributed by atoms with E-state index in [-0.39, 0.29) is 11.7 Å². The quantitative estimate of drug-likeness (QED) is 0.818. The lowest BCUT2D eigenvalue weighted by molar-refractivity contribution is 0.0933. The van der Waals surface area contributed by atoms with E-state index in [2.05, 4.69) is 0 Å². The minimum Gasteiger partial charge on any atom is -0.366 e. The molecular weight excluding hydrogens is 216 g/mol. The van der Waals surface area contributed by atoms with Crippen molar-refractivity contribution in [3.8, 4) is 0 Å². The van der Waals surface area contributed by atoms with Gasteiger partial charge in [-0.15, -0.1) is 0 Å². The molecule has 4 nitrogen and oxygen atoms in total. The summed E-state index contributed by atoms with van der Waals surface area (Å²) in [5.41, 5.74) is 6.86. The summed E-state index contributed by atoms with van der Waals surface area (Å²) in [7, 11) is 0. The highest BCUT2D eigenvalue weighted by Crippen LogP contribution is 2.19. The topological polar surface area (TPSA) is 64.6 Å². The summed E-state index contributed by atoms with van der Waals surface area (Å²) >= 11 is 0. The number of carbonyl (C=O) groups is 2. The number of hydrogen-bond acceptors (Lipinski definition) is 2. The lowest BCUT2D eigenvalue weighted by Crippen LogP contribution is -2.10. The molecule has 2 aromatic rings. The molecule has 0 fully saturated rings. The Kier molecular flexibility index (Phi) is 2.71. The molecule has 0 radical (unpaired) electrons. The lowest BCUT2D eigenvalue weighted by Gasteiger charge is -2.04. The van der Waals surface area contributed by atoms with Crippen molar-refractivity contribution in [2.45, 2.75) is 13.8 Å². The summed E-state index contributed by atoms with van der Waals surface area (Å²) < 4.78 is 1.71. The van der Waals surface area contributed by atoms with E-state index in [1.807, 2.05) is 26.0 Å². The number of nitrogens with two attached hydrogens (primary N) is 1. The summed E-state index contributed by atoms with van der Waals surface area (Å²) in [6.45, 7) is 3.66. The number of aromatic nitrogens is 1. The van der Waals surface area contributed by atoms with Gasteiger partial charge in [-0.25, -0.2) is 0 Å². The van der Waals surface area contributed by atoms with E-state index in [4.69, 9.17) is 5.73 Å². The van der Waals surface area contributed by atoms with Crippen LogP contribution in [0.2, 0.25) is 0 Å². The smallest absolute Gasteiger partial charge is 0.250 e. The van der Waals surface area contributed by atoms with Gasteiger partial charge in [0.25, 0.3) is 5.91 Å². The Bertz CT molecular complexity index is 596. The number of primary amides is 1. The molecule has 2 N–H and O–H groups in total. The second kappa shape index (κ2) is 4.05.